The number of alkyl halides is 3. The Balaban J connectivity index is 0.000000541. The largest absolute Gasteiger partial charge is 0.490 e. The number of carbonyl (C=O) groups is 1. The van der Waals surface area contributed by atoms with Crippen LogP contribution in [0.2, 0.25) is 0 Å². The first-order chi connectivity index (χ1) is 20.3. The van der Waals surface area contributed by atoms with Gasteiger partial charge in [0.05, 0.1) is 16.8 Å². The highest BCUT2D eigenvalue weighted by Gasteiger charge is 2.38. The maximum atomic E-state index is 13.9. The second-order valence-corrected chi connectivity index (χ2v) is 13.2. The van der Waals surface area contributed by atoms with Crippen LogP contribution in [0.25, 0.3) is 21.4 Å². The molecule has 1 aliphatic carbocycles. The lowest BCUT2D eigenvalue weighted by molar-refractivity contribution is -0.192. The lowest BCUT2D eigenvalue weighted by Crippen LogP contribution is -2.40. The van der Waals surface area contributed by atoms with Gasteiger partial charge in [0.15, 0.2) is 16.3 Å². The zero-order valence-corrected chi connectivity index (χ0v) is 25.6. The van der Waals surface area contributed by atoms with E-state index in [0.29, 0.717) is 24.3 Å². The van der Waals surface area contributed by atoms with E-state index in [0.717, 1.165) is 51.6 Å². The summed E-state index contributed by atoms with van der Waals surface area (Å²) in [6.07, 6.45) is 2.57. The van der Waals surface area contributed by atoms with Gasteiger partial charge >= 0.3 is 17.8 Å². The minimum absolute atomic E-state index is 0.0960. The van der Waals surface area contributed by atoms with Crippen LogP contribution >= 0.6 is 23.1 Å². The van der Waals surface area contributed by atoms with Crippen molar-refractivity contribution in [1.29, 1.82) is 0 Å². The van der Waals surface area contributed by atoms with E-state index < -0.39 is 12.1 Å². The van der Waals surface area contributed by atoms with E-state index in [2.05, 4.69) is 11.1 Å². The Bertz CT molecular complexity index is 1740. The van der Waals surface area contributed by atoms with Crippen molar-refractivity contribution in [2.75, 3.05) is 6.54 Å². The van der Waals surface area contributed by atoms with E-state index in [4.69, 9.17) is 20.6 Å². The molecule has 15 heteroatoms. The number of fused-ring (bicyclic) bond motifs is 2. The molecule has 10 nitrogen and oxygen atoms in total. The number of thioether (sulfide) groups is 1. The molecule has 232 valence electrons. The second kappa shape index (κ2) is 13.1. The summed E-state index contributed by atoms with van der Waals surface area (Å²) in [5, 5.41) is 8.60. The molecular weight excluding hydrogens is 605 g/mol. The van der Waals surface area contributed by atoms with Crippen LogP contribution in [-0.2, 0) is 24.9 Å². The molecule has 43 heavy (non-hydrogen) atoms. The van der Waals surface area contributed by atoms with Crippen molar-refractivity contribution >= 4 is 50.4 Å². The van der Waals surface area contributed by atoms with Gasteiger partial charge in [0.1, 0.15) is 5.01 Å². The number of rotatable bonds is 7. The number of benzene rings is 1. The number of aromatic nitrogens is 5. The Morgan fingerprint density at radius 1 is 1.14 bits per heavy atom. The van der Waals surface area contributed by atoms with Crippen LogP contribution in [0.1, 0.15) is 51.0 Å². The molecule has 0 spiro atoms. The number of carboxylic acids is 1. The average Bonchev–Trinajstić information content (AvgIpc) is 3.54. The zero-order valence-electron chi connectivity index (χ0n) is 24.0. The van der Waals surface area contributed by atoms with Gasteiger partial charge < -0.3 is 15.4 Å². The number of hydrogen-bond acceptors (Lipinski definition) is 8. The first-order valence-corrected chi connectivity index (χ1v) is 15.3. The van der Waals surface area contributed by atoms with Crippen LogP contribution < -0.4 is 17.0 Å². The number of imidazole rings is 1. The monoisotopic (exact) mass is 638 g/mol. The van der Waals surface area contributed by atoms with Crippen LogP contribution in [0.5, 0.6) is 0 Å². The number of nitrogens with zero attached hydrogens (tertiary/aromatic N) is 5. The highest BCUT2D eigenvalue weighted by molar-refractivity contribution is 8.00. The fourth-order valence-electron chi connectivity index (χ4n) is 4.87. The molecule has 4 aromatic rings. The average molecular weight is 639 g/mol. The molecular formula is C28H33F3N6O4S2. The summed E-state index contributed by atoms with van der Waals surface area (Å²) in [7, 11) is 1.69. The zero-order chi connectivity index (χ0) is 31.5. The van der Waals surface area contributed by atoms with Crippen LogP contribution in [0.4, 0.5) is 13.2 Å². The van der Waals surface area contributed by atoms with E-state index in [9.17, 15) is 22.8 Å². The molecule has 1 aliphatic rings. The number of para-hydroxylation sites is 1. The standard InChI is InChI=1S/C26H32N6O2S2.C2HF3O2/c1-17(2)11-14-31-21-22(29-24(31)36-26(16-27)12-7-4-8-13-26)30(3)25(34)32(23(21)33)15-20-28-18-9-5-6-10-19(18)35-20;3-2(4,5)1(6)7/h5-6,9-11H,4,7-8,12-16,27H2,1-3H3;(H,6,7). The van der Waals surface area contributed by atoms with E-state index in [-0.39, 0.29) is 22.5 Å². The summed E-state index contributed by atoms with van der Waals surface area (Å²) in [5.74, 6) is -2.76. The molecule has 0 atom stereocenters. The van der Waals surface area contributed by atoms with Gasteiger partial charge in [-0.05, 0) is 38.8 Å². The van der Waals surface area contributed by atoms with Crippen LogP contribution in [0.3, 0.4) is 0 Å². The van der Waals surface area contributed by atoms with Crippen molar-refractivity contribution in [3.63, 3.8) is 0 Å². The number of nitrogens with two attached hydrogens (primary N) is 1. The van der Waals surface area contributed by atoms with Crippen molar-refractivity contribution in [2.24, 2.45) is 12.8 Å². The molecule has 0 unspecified atom stereocenters. The molecule has 3 aromatic heterocycles. The van der Waals surface area contributed by atoms with E-state index >= 15 is 0 Å². The van der Waals surface area contributed by atoms with Crippen molar-refractivity contribution in [2.45, 2.75) is 75.1 Å². The molecule has 3 N–H and O–H groups in total. The van der Waals surface area contributed by atoms with Gasteiger partial charge in [0, 0.05) is 24.9 Å². The summed E-state index contributed by atoms with van der Waals surface area (Å²) in [6, 6.07) is 7.83. The number of thiazole rings is 1. The molecule has 5 rings (SSSR count). The molecule has 1 aromatic carbocycles. The summed E-state index contributed by atoms with van der Waals surface area (Å²) >= 11 is 3.18. The predicted octanol–water partition coefficient (Wildman–Crippen LogP) is 4.91. The molecule has 1 saturated carbocycles. The fraction of sp³-hybridized carbons (Fsp3) is 0.464. The first kappa shape index (κ1) is 32.5. The Morgan fingerprint density at radius 2 is 1.79 bits per heavy atom. The Hall–Kier alpha value is -3.43. The predicted molar refractivity (Wildman–Crippen MR) is 162 cm³/mol. The molecule has 1 fully saturated rings. The first-order valence-electron chi connectivity index (χ1n) is 13.6. The second-order valence-electron chi connectivity index (χ2n) is 10.6. The quantitative estimate of drug-likeness (QED) is 0.273. The van der Waals surface area contributed by atoms with E-state index in [1.165, 1.54) is 26.9 Å². The number of carboxylic acid groups (broad SMARTS) is 1. The maximum Gasteiger partial charge on any atom is 0.490 e. The Kier molecular flexibility index (Phi) is 9.86. The third-order valence-electron chi connectivity index (χ3n) is 7.20. The van der Waals surface area contributed by atoms with Gasteiger partial charge in [-0.25, -0.2) is 19.6 Å². The van der Waals surface area contributed by atoms with Crippen LogP contribution in [-0.4, -0.2) is 52.2 Å². The van der Waals surface area contributed by atoms with Crippen molar-refractivity contribution in [3.8, 4) is 0 Å². The van der Waals surface area contributed by atoms with Gasteiger partial charge in [0.25, 0.3) is 5.56 Å². The molecule has 0 bridgehead atoms. The Morgan fingerprint density at radius 3 is 2.37 bits per heavy atom. The minimum atomic E-state index is -5.08. The van der Waals surface area contributed by atoms with Gasteiger partial charge in [-0.15, -0.1) is 11.3 Å². The van der Waals surface area contributed by atoms with Crippen molar-refractivity contribution in [3.05, 3.63) is 61.8 Å². The topological polar surface area (TPSA) is 138 Å². The lowest BCUT2D eigenvalue weighted by Gasteiger charge is -2.35. The SMILES string of the molecule is CC(C)=CCn1c(SC2(CN)CCCCC2)nc2c1c(=O)n(Cc1nc3ccccc3s1)c(=O)n2C.O=C(O)C(F)(F)F. The summed E-state index contributed by atoms with van der Waals surface area (Å²) in [4.78, 5) is 45.6. The molecule has 0 amide bonds. The van der Waals surface area contributed by atoms with Gasteiger partial charge in [-0.1, -0.05) is 54.8 Å². The third-order valence-corrected chi connectivity index (χ3v) is 9.72. The van der Waals surface area contributed by atoms with E-state index in [1.54, 1.807) is 18.8 Å². The van der Waals surface area contributed by atoms with Gasteiger partial charge in [-0.2, -0.15) is 13.2 Å². The summed E-state index contributed by atoms with van der Waals surface area (Å²) < 4.78 is 37.4. The maximum absolute atomic E-state index is 13.9. The Labute approximate surface area is 253 Å². The van der Waals surface area contributed by atoms with Gasteiger partial charge in [0.2, 0.25) is 0 Å². The van der Waals surface area contributed by atoms with E-state index in [1.807, 2.05) is 42.7 Å². The lowest BCUT2D eigenvalue weighted by atomic mass is 9.88. The number of allylic oxidation sites excluding steroid dienone is 2. The summed E-state index contributed by atoms with van der Waals surface area (Å²) in [5.41, 5.74) is 8.44. The molecule has 0 saturated heterocycles. The third kappa shape index (κ3) is 7.21. The molecule has 3 heterocycles. The highest BCUT2D eigenvalue weighted by Crippen LogP contribution is 2.43. The van der Waals surface area contributed by atoms with Crippen molar-refractivity contribution in [1.82, 2.24) is 23.7 Å². The summed E-state index contributed by atoms with van der Waals surface area (Å²) in [6.45, 7) is 5.27. The van der Waals surface area contributed by atoms with Gasteiger partial charge in [-0.3, -0.25) is 13.9 Å². The normalized spacial score (nSPS) is 14.9. The molecule has 0 radical (unpaired) electrons. The number of aryl methyl sites for hydroxylation is 1. The van der Waals surface area contributed by atoms with Crippen LogP contribution in [0, 0.1) is 0 Å². The van der Waals surface area contributed by atoms with Crippen molar-refractivity contribution < 1.29 is 23.1 Å². The fourth-order valence-corrected chi connectivity index (χ4v) is 7.20. The highest BCUT2D eigenvalue weighted by atomic mass is 32.2. The number of hydrogen-bond donors (Lipinski definition) is 2. The number of aliphatic carboxylic acids is 1. The van der Waals surface area contributed by atoms with Crippen LogP contribution in [0.15, 0.2) is 50.7 Å². The molecule has 0 aliphatic heterocycles. The minimum Gasteiger partial charge on any atom is -0.475 e. The number of halogens is 3. The smallest absolute Gasteiger partial charge is 0.475 e.